The summed E-state index contributed by atoms with van der Waals surface area (Å²) in [5, 5.41) is 14.0. The molecule has 10 heteroatoms. The highest BCUT2D eigenvalue weighted by Gasteiger charge is 2.46. The van der Waals surface area contributed by atoms with Gasteiger partial charge in [-0.05, 0) is 80.3 Å². The highest BCUT2D eigenvalue weighted by Crippen LogP contribution is 2.44. The number of aliphatic hydroxyl groups is 1. The highest BCUT2D eigenvalue weighted by atomic mass is 19.4. The lowest BCUT2D eigenvalue weighted by molar-refractivity contribution is -0.143. The molecule has 2 fully saturated rings. The Balaban J connectivity index is 1.32. The molecule has 4 nitrogen and oxygen atoms in total. The molecule has 0 radical (unpaired) electrons. The predicted molar refractivity (Wildman–Crippen MR) is 155 cm³/mol. The molecule has 0 bridgehead atoms. The first-order valence-electron chi connectivity index (χ1n) is 14.9. The molecule has 1 aliphatic heterocycles. The summed E-state index contributed by atoms with van der Waals surface area (Å²) in [4.78, 5) is 16.3. The minimum absolute atomic E-state index is 0.0893. The number of rotatable bonds is 6. The van der Waals surface area contributed by atoms with E-state index in [4.69, 9.17) is 0 Å². The number of nitrogens with one attached hydrogen (secondary N) is 1. The van der Waals surface area contributed by atoms with Crippen molar-refractivity contribution in [3.05, 3.63) is 107 Å². The Morgan fingerprint density at radius 1 is 0.795 bits per heavy atom. The van der Waals surface area contributed by atoms with E-state index in [0.717, 1.165) is 11.1 Å². The molecule has 1 heterocycles. The average molecular weight is 619 g/mol. The van der Waals surface area contributed by atoms with Crippen LogP contribution in [0.1, 0.15) is 79.3 Å². The predicted octanol–water partition coefficient (Wildman–Crippen LogP) is 7.77. The number of hydrogen-bond donors (Lipinski definition) is 2. The van der Waals surface area contributed by atoms with E-state index < -0.39 is 46.4 Å². The van der Waals surface area contributed by atoms with Gasteiger partial charge in [-0.3, -0.25) is 4.79 Å². The van der Waals surface area contributed by atoms with E-state index in [-0.39, 0.29) is 17.7 Å². The van der Waals surface area contributed by atoms with Gasteiger partial charge in [-0.1, -0.05) is 60.7 Å². The van der Waals surface area contributed by atoms with Gasteiger partial charge in [-0.2, -0.15) is 26.3 Å². The zero-order valence-corrected chi connectivity index (χ0v) is 24.4. The number of amides is 1. The van der Waals surface area contributed by atoms with Crippen LogP contribution in [0.3, 0.4) is 0 Å². The summed E-state index contributed by atoms with van der Waals surface area (Å²) in [6, 6.07) is 19.3. The van der Waals surface area contributed by atoms with E-state index in [1.165, 1.54) is 6.92 Å². The van der Waals surface area contributed by atoms with E-state index in [1.54, 1.807) is 0 Å². The largest absolute Gasteiger partial charge is 0.416 e. The van der Waals surface area contributed by atoms with Crippen molar-refractivity contribution in [1.29, 1.82) is 0 Å². The third-order valence-electron chi connectivity index (χ3n) is 9.48. The van der Waals surface area contributed by atoms with Crippen molar-refractivity contribution < 1.29 is 36.2 Å². The Kier molecular flexibility index (Phi) is 8.88. The topological polar surface area (TPSA) is 52.6 Å². The smallest absolute Gasteiger partial charge is 0.385 e. The lowest BCUT2D eigenvalue weighted by Crippen LogP contribution is -2.52. The number of piperidine rings is 1. The van der Waals surface area contributed by atoms with Gasteiger partial charge in [-0.25, -0.2) is 0 Å². The summed E-state index contributed by atoms with van der Waals surface area (Å²) in [5.41, 5.74) is -3.30. The van der Waals surface area contributed by atoms with Crippen molar-refractivity contribution in [2.75, 3.05) is 13.1 Å². The van der Waals surface area contributed by atoms with Crippen LogP contribution in [-0.4, -0.2) is 35.0 Å². The number of alkyl halides is 6. The minimum Gasteiger partial charge on any atom is -0.385 e. The molecule has 1 atom stereocenters. The molecule has 0 spiro atoms. The second-order valence-electron chi connectivity index (χ2n) is 12.1. The van der Waals surface area contributed by atoms with E-state index in [0.29, 0.717) is 63.7 Å². The Morgan fingerprint density at radius 3 is 1.75 bits per heavy atom. The van der Waals surface area contributed by atoms with Crippen LogP contribution in [0.2, 0.25) is 0 Å². The molecule has 0 aromatic heterocycles. The molecule has 236 valence electrons. The van der Waals surface area contributed by atoms with Crippen molar-refractivity contribution in [2.45, 2.75) is 80.9 Å². The first-order chi connectivity index (χ1) is 20.7. The van der Waals surface area contributed by atoms with Crippen molar-refractivity contribution in [2.24, 2.45) is 0 Å². The van der Waals surface area contributed by atoms with Crippen LogP contribution in [-0.2, 0) is 28.2 Å². The van der Waals surface area contributed by atoms with Crippen LogP contribution in [0.5, 0.6) is 0 Å². The highest BCUT2D eigenvalue weighted by molar-refractivity contribution is 5.88. The molecule has 1 unspecified atom stereocenters. The Hall–Kier alpha value is -3.37. The van der Waals surface area contributed by atoms with E-state index in [2.05, 4.69) is 10.2 Å². The molecule has 1 amide bonds. The zero-order chi connectivity index (χ0) is 31.8. The fourth-order valence-corrected chi connectivity index (χ4v) is 6.81. The lowest BCUT2D eigenvalue weighted by atomic mass is 9.67. The lowest BCUT2D eigenvalue weighted by Gasteiger charge is -2.46. The molecule has 2 aliphatic rings. The number of likely N-dealkylation sites (tertiary alicyclic amines) is 1. The van der Waals surface area contributed by atoms with Crippen molar-refractivity contribution in [3.8, 4) is 0 Å². The third-order valence-corrected chi connectivity index (χ3v) is 9.48. The average Bonchev–Trinajstić information content (AvgIpc) is 3.01. The van der Waals surface area contributed by atoms with E-state index in [9.17, 15) is 36.2 Å². The van der Waals surface area contributed by atoms with E-state index in [1.807, 2.05) is 60.7 Å². The van der Waals surface area contributed by atoms with Crippen LogP contribution >= 0.6 is 0 Å². The number of nitrogens with zero attached hydrogens (tertiary/aromatic N) is 1. The summed E-state index contributed by atoms with van der Waals surface area (Å²) in [7, 11) is 0. The molecular formula is C34H36F6N2O2. The number of carbonyl (C=O) groups is 1. The van der Waals surface area contributed by atoms with Gasteiger partial charge >= 0.3 is 12.4 Å². The summed E-state index contributed by atoms with van der Waals surface area (Å²) >= 11 is 0. The van der Waals surface area contributed by atoms with Crippen molar-refractivity contribution in [3.63, 3.8) is 0 Å². The van der Waals surface area contributed by atoms with Crippen LogP contribution in [0.4, 0.5) is 26.3 Å². The number of halogens is 6. The zero-order valence-electron chi connectivity index (χ0n) is 24.4. The first kappa shape index (κ1) is 32.0. The van der Waals surface area contributed by atoms with Crippen LogP contribution in [0.15, 0.2) is 78.9 Å². The molecule has 3 aromatic rings. The molecular weight excluding hydrogens is 582 g/mol. The van der Waals surface area contributed by atoms with E-state index >= 15 is 0 Å². The SMILES string of the molecule is CC(NC(=O)[C@]1(c2ccccc2)CC[C@@H](N2CCC(O)(c3ccccc3)CC2)CC1)c1cc(C(F)(F)F)cc(C(F)(F)F)c1. The molecule has 2 N–H and O–H groups in total. The molecule has 1 aliphatic carbocycles. The standard InChI is InChI=1S/C34H36F6N2O2/c1-23(24-20-27(33(35,36)37)22-28(21-24)34(38,39)40)41-30(43)31(25-8-4-2-5-9-25)14-12-29(13-15-31)42-18-16-32(44,17-19-42)26-10-6-3-7-11-26/h2-11,20-23,29,44H,12-19H2,1H3,(H,41,43)/t23?,29-,31-. The minimum atomic E-state index is -4.98. The monoisotopic (exact) mass is 618 g/mol. The van der Waals surface area contributed by atoms with Gasteiger partial charge in [0.1, 0.15) is 0 Å². The van der Waals surface area contributed by atoms with Gasteiger partial charge in [0.25, 0.3) is 0 Å². The quantitative estimate of drug-likeness (QED) is 0.278. The number of benzene rings is 3. The molecule has 44 heavy (non-hydrogen) atoms. The Labute approximate surface area is 253 Å². The maximum Gasteiger partial charge on any atom is 0.416 e. The van der Waals surface area contributed by atoms with Gasteiger partial charge in [0.05, 0.1) is 28.2 Å². The van der Waals surface area contributed by atoms with Crippen molar-refractivity contribution in [1.82, 2.24) is 10.2 Å². The van der Waals surface area contributed by atoms with Crippen LogP contribution in [0, 0.1) is 0 Å². The molecule has 1 saturated carbocycles. The summed E-state index contributed by atoms with van der Waals surface area (Å²) < 4.78 is 80.9. The van der Waals surface area contributed by atoms with Gasteiger partial charge in [0.2, 0.25) is 5.91 Å². The molecule has 3 aromatic carbocycles. The summed E-state index contributed by atoms with van der Waals surface area (Å²) in [6.07, 6.45) is -6.47. The second-order valence-corrected chi connectivity index (χ2v) is 12.1. The van der Waals surface area contributed by atoms with Gasteiger partial charge in [-0.15, -0.1) is 0 Å². The fourth-order valence-electron chi connectivity index (χ4n) is 6.81. The van der Waals surface area contributed by atoms with Crippen LogP contribution < -0.4 is 5.32 Å². The van der Waals surface area contributed by atoms with Gasteiger partial charge in [0, 0.05) is 19.1 Å². The molecule has 1 saturated heterocycles. The fraction of sp³-hybridized carbons (Fsp3) is 0.441. The maximum absolute atomic E-state index is 14.0. The maximum atomic E-state index is 14.0. The van der Waals surface area contributed by atoms with Gasteiger partial charge < -0.3 is 15.3 Å². The molecule has 5 rings (SSSR count). The Morgan fingerprint density at radius 2 is 1.27 bits per heavy atom. The first-order valence-corrected chi connectivity index (χ1v) is 14.9. The Bertz CT molecular complexity index is 1390. The number of carbonyl (C=O) groups excluding carboxylic acids is 1. The van der Waals surface area contributed by atoms with Crippen LogP contribution in [0.25, 0.3) is 0 Å². The summed E-state index contributed by atoms with van der Waals surface area (Å²) in [6.45, 7) is 2.81. The van der Waals surface area contributed by atoms with Crippen molar-refractivity contribution >= 4 is 5.91 Å². The second kappa shape index (κ2) is 12.2. The third kappa shape index (κ3) is 6.66. The number of hydrogen-bond acceptors (Lipinski definition) is 3. The normalized spacial score (nSPS) is 23.6. The van der Waals surface area contributed by atoms with Gasteiger partial charge in [0.15, 0.2) is 0 Å². The summed E-state index contributed by atoms with van der Waals surface area (Å²) in [5.74, 6) is -0.419.